The molecular formula is C27H34IN3OSi. The van der Waals surface area contributed by atoms with Gasteiger partial charge in [-0.2, -0.15) is 0 Å². The van der Waals surface area contributed by atoms with Gasteiger partial charge in [0, 0.05) is 40.7 Å². The number of benzene rings is 2. The molecule has 0 spiro atoms. The van der Waals surface area contributed by atoms with Crippen LogP contribution in [0.2, 0.25) is 5.04 Å². The van der Waals surface area contributed by atoms with Crippen LogP contribution in [0.5, 0.6) is 0 Å². The van der Waals surface area contributed by atoms with E-state index in [-0.39, 0.29) is 5.04 Å². The first-order valence-corrected chi connectivity index (χ1v) is 15.1. The van der Waals surface area contributed by atoms with Crippen molar-refractivity contribution < 1.29 is 4.43 Å². The Morgan fingerprint density at radius 1 is 0.939 bits per heavy atom. The third kappa shape index (κ3) is 4.02. The number of nitrogens with zero attached hydrogens (tertiary/aromatic N) is 3. The SMILES string of the molecule is CC(C)n1nc(I)nc1C1C2CC(O[Si](c3ccccc3)(c3ccccc3)C(C)(C)C)C[C@H]21. The van der Waals surface area contributed by atoms with E-state index in [0.29, 0.717) is 29.9 Å². The lowest BCUT2D eigenvalue weighted by Gasteiger charge is -2.45. The van der Waals surface area contributed by atoms with E-state index < -0.39 is 8.32 Å². The number of hydrogen-bond acceptors (Lipinski definition) is 3. The minimum atomic E-state index is -2.48. The first-order valence-electron chi connectivity index (χ1n) is 12.1. The lowest BCUT2D eigenvalue weighted by Crippen LogP contribution is -2.67. The molecule has 33 heavy (non-hydrogen) atoms. The third-order valence-electron chi connectivity index (χ3n) is 7.58. The van der Waals surface area contributed by atoms with Crippen LogP contribution in [0.25, 0.3) is 0 Å². The average Bonchev–Trinajstić information content (AvgIpc) is 3.09. The highest BCUT2D eigenvalue weighted by molar-refractivity contribution is 14.1. The van der Waals surface area contributed by atoms with Gasteiger partial charge in [-0.15, -0.1) is 5.10 Å². The van der Waals surface area contributed by atoms with Crippen LogP contribution in [-0.2, 0) is 4.43 Å². The van der Waals surface area contributed by atoms with Crippen LogP contribution < -0.4 is 10.4 Å². The van der Waals surface area contributed by atoms with Crippen molar-refractivity contribution in [3.05, 3.63) is 70.3 Å². The lowest BCUT2D eigenvalue weighted by atomic mass is 10.1. The molecule has 174 valence electrons. The van der Waals surface area contributed by atoms with Gasteiger partial charge in [-0.1, -0.05) is 81.4 Å². The predicted octanol–water partition coefficient (Wildman–Crippen LogP) is 5.53. The minimum absolute atomic E-state index is 0.0236. The van der Waals surface area contributed by atoms with Crippen LogP contribution in [0.3, 0.4) is 0 Å². The van der Waals surface area contributed by atoms with Gasteiger partial charge >= 0.3 is 0 Å². The van der Waals surface area contributed by atoms with Crippen molar-refractivity contribution in [1.29, 1.82) is 0 Å². The molecule has 5 rings (SSSR count). The van der Waals surface area contributed by atoms with Crippen LogP contribution >= 0.6 is 22.6 Å². The summed E-state index contributed by atoms with van der Waals surface area (Å²) in [7, 11) is -2.48. The molecule has 2 aliphatic carbocycles. The molecule has 2 aromatic carbocycles. The van der Waals surface area contributed by atoms with Crippen molar-refractivity contribution in [1.82, 2.24) is 14.8 Å². The summed E-state index contributed by atoms with van der Waals surface area (Å²) in [6.07, 6.45) is 2.56. The van der Waals surface area contributed by atoms with Gasteiger partial charge in [0.1, 0.15) is 5.82 Å². The van der Waals surface area contributed by atoms with E-state index >= 15 is 0 Å². The van der Waals surface area contributed by atoms with Crippen LogP contribution in [0.1, 0.15) is 65.2 Å². The second kappa shape index (κ2) is 8.61. The third-order valence-corrected chi connectivity index (χ3v) is 13.1. The summed E-state index contributed by atoms with van der Waals surface area (Å²) in [5, 5.41) is 7.42. The van der Waals surface area contributed by atoms with Crippen LogP contribution in [0.4, 0.5) is 0 Å². The normalized spacial score (nSPS) is 24.8. The molecule has 6 heteroatoms. The highest BCUT2D eigenvalue weighted by Crippen LogP contribution is 2.64. The van der Waals surface area contributed by atoms with Crippen LogP contribution in [0.15, 0.2) is 60.7 Å². The molecule has 0 saturated heterocycles. The van der Waals surface area contributed by atoms with Crippen molar-refractivity contribution in [2.75, 3.05) is 0 Å². The lowest BCUT2D eigenvalue weighted by molar-refractivity contribution is 0.177. The van der Waals surface area contributed by atoms with Crippen molar-refractivity contribution in [3.8, 4) is 0 Å². The van der Waals surface area contributed by atoms with Crippen molar-refractivity contribution in [3.63, 3.8) is 0 Å². The van der Waals surface area contributed by atoms with E-state index in [2.05, 4.69) is 128 Å². The Hall–Kier alpha value is -1.51. The summed E-state index contributed by atoms with van der Waals surface area (Å²) in [6.45, 7) is 11.5. The first kappa shape index (κ1) is 23.2. The highest BCUT2D eigenvalue weighted by atomic mass is 127. The molecule has 1 heterocycles. The van der Waals surface area contributed by atoms with Crippen molar-refractivity contribution >= 4 is 41.3 Å². The maximum absolute atomic E-state index is 7.40. The summed E-state index contributed by atoms with van der Waals surface area (Å²) < 4.78 is 10.4. The monoisotopic (exact) mass is 571 g/mol. The maximum atomic E-state index is 7.40. The van der Waals surface area contributed by atoms with E-state index in [1.54, 1.807) is 0 Å². The van der Waals surface area contributed by atoms with Gasteiger partial charge in [-0.25, -0.2) is 9.67 Å². The van der Waals surface area contributed by atoms with E-state index in [9.17, 15) is 0 Å². The van der Waals surface area contributed by atoms with Gasteiger partial charge in [-0.3, -0.25) is 0 Å². The van der Waals surface area contributed by atoms with Gasteiger partial charge in [0.25, 0.3) is 8.32 Å². The van der Waals surface area contributed by atoms with Crippen molar-refractivity contribution in [2.45, 2.75) is 70.6 Å². The second-order valence-corrected chi connectivity index (χ2v) is 16.2. The maximum Gasteiger partial charge on any atom is 0.261 e. The van der Waals surface area contributed by atoms with Crippen LogP contribution in [-0.4, -0.2) is 29.2 Å². The van der Waals surface area contributed by atoms with E-state index in [1.165, 1.54) is 16.2 Å². The first-order chi connectivity index (χ1) is 15.7. The molecule has 2 aliphatic rings. The fourth-order valence-electron chi connectivity index (χ4n) is 6.13. The molecule has 0 aliphatic heterocycles. The molecule has 3 aromatic rings. The molecule has 4 atom stereocenters. The zero-order chi connectivity index (χ0) is 23.4. The summed E-state index contributed by atoms with van der Waals surface area (Å²) in [6, 6.07) is 22.4. The Morgan fingerprint density at radius 2 is 1.45 bits per heavy atom. The average molecular weight is 572 g/mol. The second-order valence-electron chi connectivity index (χ2n) is 11.0. The van der Waals surface area contributed by atoms with Crippen LogP contribution in [0, 0.1) is 15.7 Å². The molecule has 0 amide bonds. The largest absolute Gasteiger partial charge is 0.404 e. The summed E-state index contributed by atoms with van der Waals surface area (Å²) in [4.78, 5) is 4.82. The summed E-state index contributed by atoms with van der Waals surface area (Å²) in [5.41, 5.74) is 0. The molecule has 1 aromatic heterocycles. The van der Waals surface area contributed by atoms with Crippen molar-refractivity contribution in [2.24, 2.45) is 11.8 Å². The van der Waals surface area contributed by atoms with Gasteiger partial charge in [0.05, 0.1) is 0 Å². The Balaban J connectivity index is 1.44. The smallest absolute Gasteiger partial charge is 0.261 e. The molecule has 2 fully saturated rings. The quantitative estimate of drug-likeness (QED) is 0.289. The van der Waals surface area contributed by atoms with Gasteiger partial charge in [0.2, 0.25) is 3.83 Å². The molecule has 0 N–H and O–H groups in total. The van der Waals surface area contributed by atoms with Gasteiger partial charge in [-0.05, 0) is 53.9 Å². The standard InChI is InChI=1S/C27H34IN3OSi/c1-18(2)31-25(29-26(28)30-31)24-22-16-19(17-23(22)24)32-33(27(3,4)5,20-12-8-6-9-13-20)21-14-10-7-11-15-21/h6-15,18-19,22-24H,16-17H2,1-5H3/t19?,22-,23?,24?/m1/s1. The predicted molar refractivity (Wildman–Crippen MR) is 145 cm³/mol. The topological polar surface area (TPSA) is 39.9 Å². The fraction of sp³-hybridized carbons (Fsp3) is 0.481. The number of aromatic nitrogens is 3. The van der Waals surface area contributed by atoms with E-state index in [4.69, 9.17) is 9.41 Å². The number of fused-ring (bicyclic) bond motifs is 1. The highest BCUT2D eigenvalue weighted by Gasteiger charge is 2.61. The molecule has 2 saturated carbocycles. The number of halogens is 1. The summed E-state index contributed by atoms with van der Waals surface area (Å²) in [5.74, 6) is 3.08. The molecule has 0 bridgehead atoms. The molecular weight excluding hydrogens is 537 g/mol. The molecule has 3 unspecified atom stereocenters. The molecule has 4 nitrogen and oxygen atoms in total. The van der Waals surface area contributed by atoms with E-state index in [1.807, 2.05) is 0 Å². The Morgan fingerprint density at radius 3 is 1.91 bits per heavy atom. The van der Waals surface area contributed by atoms with Gasteiger partial charge in [0.15, 0.2) is 0 Å². The van der Waals surface area contributed by atoms with E-state index in [0.717, 1.165) is 16.7 Å². The molecule has 0 radical (unpaired) electrons. The zero-order valence-electron chi connectivity index (χ0n) is 20.2. The Labute approximate surface area is 212 Å². The fourth-order valence-corrected chi connectivity index (χ4v) is 11.3. The van der Waals surface area contributed by atoms with Gasteiger partial charge < -0.3 is 4.43 Å². The number of hydrogen-bond donors (Lipinski definition) is 0. The Kier molecular flexibility index (Phi) is 6.06. The minimum Gasteiger partial charge on any atom is -0.404 e. The summed E-state index contributed by atoms with van der Waals surface area (Å²) >= 11 is 2.25. The zero-order valence-corrected chi connectivity index (χ0v) is 23.4. The Bertz CT molecular complexity index is 1060. The number of rotatable bonds is 6.